The van der Waals surface area contributed by atoms with Gasteiger partial charge in [-0.1, -0.05) is 11.2 Å². The lowest BCUT2D eigenvalue weighted by atomic mass is 10.1. The van der Waals surface area contributed by atoms with Gasteiger partial charge in [-0.05, 0) is 30.7 Å². The van der Waals surface area contributed by atoms with Crippen LogP contribution in [0.1, 0.15) is 6.42 Å². The van der Waals surface area contributed by atoms with E-state index in [4.69, 9.17) is 14.7 Å². The third kappa shape index (κ3) is 4.23. The van der Waals surface area contributed by atoms with Gasteiger partial charge in [0.05, 0.1) is 13.7 Å². The first-order valence-corrected chi connectivity index (χ1v) is 6.99. The Morgan fingerprint density at radius 2 is 1.96 bits per heavy atom. The quantitative estimate of drug-likeness (QED) is 0.629. The van der Waals surface area contributed by atoms with Gasteiger partial charge < -0.3 is 19.2 Å². The molecule has 0 atom stereocenters. The Kier molecular flexibility index (Phi) is 5.58. The van der Waals surface area contributed by atoms with Crippen LogP contribution in [-0.4, -0.2) is 44.0 Å². The molecule has 1 aliphatic heterocycles. The van der Waals surface area contributed by atoms with Crippen LogP contribution in [-0.2, 0) is 4.84 Å². The molecule has 23 heavy (non-hydrogen) atoms. The number of amides is 1. The van der Waals surface area contributed by atoms with Crippen molar-refractivity contribution in [1.82, 2.24) is 4.90 Å². The summed E-state index contributed by atoms with van der Waals surface area (Å²) in [4.78, 5) is 18.4. The molecule has 0 saturated carbocycles. The SMILES string of the molecule is CO/N=C(\C#N)C1=CCCN(C(=O)Oc2ccc(OC)cc2)C1. The van der Waals surface area contributed by atoms with E-state index in [-0.39, 0.29) is 12.3 Å². The molecule has 0 aliphatic carbocycles. The van der Waals surface area contributed by atoms with Crippen molar-refractivity contribution in [2.24, 2.45) is 5.16 Å². The maximum atomic E-state index is 12.2. The minimum absolute atomic E-state index is 0.162. The first-order valence-electron chi connectivity index (χ1n) is 6.99. The summed E-state index contributed by atoms with van der Waals surface area (Å²) in [5.74, 6) is 1.11. The number of carbonyl (C=O) groups excluding carboxylic acids is 1. The summed E-state index contributed by atoms with van der Waals surface area (Å²) in [6, 6.07) is 8.70. The monoisotopic (exact) mass is 315 g/mol. The zero-order valence-electron chi connectivity index (χ0n) is 13.0. The molecule has 1 aromatic carbocycles. The first-order chi connectivity index (χ1) is 11.2. The summed E-state index contributed by atoms with van der Waals surface area (Å²) in [5.41, 5.74) is 0.807. The molecule has 120 valence electrons. The van der Waals surface area contributed by atoms with Crippen molar-refractivity contribution in [1.29, 1.82) is 5.26 Å². The molecule has 1 amide bonds. The fourth-order valence-electron chi connectivity index (χ4n) is 2.12. The van der Waals surface area contributed by atoms with Crippen LogP contribution in [0.2, 0.25) is 0 Å². The van der Waals surface area contributed by atoms with E-state index in [1.807, 2.05) is 12.1 Å². The zero-order valence-corrected chi connectivity index (χ0v) is 13.0. The fourth-order valence-corrected chi connectivity index (χ4v) is 2.12. The average molecular weight is 315 g/mol. The Bertz CT molecular complexity index is 659. The van der Waals surface area contributed by atoms with Gasteiger partial charge in [0.1, 0.15) is 24.7 Å². The third-order valence-electron chi connectivity index (χ3n) is 3.27. The van der Waals surface area contributed by atoms with Crippen LogP contribution in [0.5, 0.6) is 11.5 Å². The predicted molar refractivity (Wildman–Crippen MR) is 83.3 cm³/mol. The normalized spacial score (nSPS) is 14.6. The lowest BCUT2D eigenvalue weighted by molar-refractivity contribution is 0.155. The van der Waals surface area contributed by atoms with E-state index in [9.17, 15) is 4.79 Å². The highest BCUT2D eigenvalue weighted by atomic mass is 16.6. The highest BCUT2D eigenvalue weighted by Gasteiger charge is 2.22. The number of methoxy groups -OCH3 is 1. The number of ether oxygens (including phenoxy) is 2. The number of nitrogens with zero attached hydrogens (tertiary/aromatic N) is 3. The van der Waals surface area contributed by atoms with Gasteiger partial charge in [-0.25, -0.2) is 4.79 Å². The maximum absolute atomic E-state index is 12.2. The molecular formula is C16H17N3O4. The Morgan fingerprint density at radius 3 is 2.57 bits per heavy atom. The molecule has 0 unspecified atom stereocenters. The van der Waals surface area contributed by atoms with Crippen molar-refractivity contribution in [3.05, 3.63) is 35.9 Å². The van der Waals surface area contributed by atoms with E-state index in [0.717, 1.165) is 0 Å². The number of rotatable bonds is 4. The van der Waals surface area contributed by atoms with Gasteiger partial charge in [0.15, 0.2) is 5.71 Å². The number of nitriles is 1. The largest absolute Gasteiger partial charge is 0.497 e. The second kappa shape index (κ2) is 7.84. The maximum Gasteiger partial charge on any atom is 0.415 e. The smallest absolute Gasteiger partial charge is 0.415 e. The molecule has 1 aliphatic rings. The molecule has 0 fully saturated rings. The van der Waals surface area contributed by atoms with Crippen LogP contribution in [0, 0.1) is 11.3 Å². The van der Waals surface area contributed by atoms with Crippen molar-refractivity contribution in [2.75, 3.05) is 27.3 Å². The molecule has 0 radical (unpaired) electrons. The van der Waals surface area contributed by atoms with E-state index in [1.165, 1.54) is 12.0 Å². The summed E-state index contributed by atoms with van der Waals surface area (Å²) in [6.07, 6.45) is 2.02. The number of hydrogen-bond acceptors (Lipinski definition) is 6. The topological polar surface area (TPSA) is 84.2 Å². The zero-order chi connectivity index (χ0) is 16.7. The summed E-state index contributed by atoms with van der Waals surface area (Å²) >= 11 is 0. The summed E-state index contributed by atoms with van der Waals surface area (Å²) in [7, 11) is 2.94. The average Bonchev–Trinajstić information content (AvgIpc) is 2.60. The van der Waals surface area contributed by atoms with Gasteiger partial charge in [-0.3, -0.25) is 0 Å². The molecule has 0 spiro atoms. The van der Waals surface area contributed by atoms with Gasteiger partial charge in [0, 0.05) is 12.1 Å². The molecule has 7 heteroatoms. The molecule has 0 aromatic heterocycles. The minimum Gasteiger partial charge on any atom is -0.497 e. The molecule has 0 bridgehead atoms. The number of hydrogen-bond donors (Lipinski definition) is 0. The lowest BCUT2D eigenvalue weighted by Gasteiger charge is -2.25. The minimum atomic E-state index is -0.476. The number of benzene rings is 1. The highest BCUT2D eigenvalue weighted by Crippen LogP contribution is 2.19. The van der Waals surface area contributed by atoms with Crippen LogP contribution in [0.25, 0.3) is 0 Å². The van der Waals surface area contributed by atoms with Crippen LogP contribution in [0.15, 0.2) is 41.1 Å². The Balaban J connectivity index is 2.01. The van der Waals surface area contributed by atoms with Crippen LogP contribution < -0.4 is 9.47 Å². The van der Waals surface area contributed by atoms with Gasteiger partial charge in [-0.2, -0.15) is 5.26 Å². The second-order valence-corrected chi connectivity index (χ2v) is 4.72. The number of carbonyl (C=O) groups is 1. The fraction of sp³-hybridized carbons (Fsp3) is 0.312. The molecule has 1 heterocycles. The third-order valence-corrected chi connectivity index (χ3v) is 3.27. The van der Waals surface area contributed by atoms with Crippen LogP contribution in [0.3, 0.4) is 0 Å². The standard InChI is InChI=1S/C16H17N3O4/c1-21-13-5-7-14(8-6-13)23-16(20)19-9-3-4-12(11-19)15(10-17)18-22-2/h4-8H,3,9,11H2,1-2H3/b18-15+. The van der Waals surface area contributed by atoms with E-state index in [0.29, 0.717) is 30.0 Å². The van der Waals surface area contributed by atoms with Crippen molar-refractivity contribution in [3.8, 4) is 17.6 Å². The lowest BCUT2D eigenvalue weighted by Crippen LogP contribution is -2.39. The van der Waals surface area contributed by atoms with Crippen LogP contribution in [0.4, 0.5) is 4.79 Å². The van der Waals surface area contributed by atoms with Gasteiger partial charge in [0.25, 0.3) is 0 Å². The molecule has 1 aromatic rings. The van der Waals surface area contributed by atoms with Gasteiger partial charge in [-0.15, -0.1) is 0 Å². The summed E-state index contributed by atoms with van der Waals surface area (Å²) < 4.78 is 10.4. The molecule has 2 rings (SSSR count). The highest BCUT2D eigenvalue weighted by molar-refractivity contribution is 6.11. The Hall–Kier alpha value is -3.01. The molecule has 7 nitrogen and oxygen atoms in total. The second-order valence-electron chi connectivity index (χ2n) is 4.72. The summed E-state index contributed by atoms with van der Waals surface area (Å²) in [5, 5.41) is 12.7. The van der Waals surface area contributed by atoms with E-state index >= 15 is 0 Å². The van der Waals surface area contributed by atoms with E-state index < -0.39 is 6.09 Å². The van der Waals surface area contributed by atoms with Crippen molar-refractivity contribution in [3.63, 3.8) is 0 Å². The van der Waals surface area contributed by atoms with Crippen molar-refractivity contribution >= 4 is 11.8 Å². The first kappa shape index (κ1) is 16.4. The van der Waals surface area contributed by atoms with Crippen molar-refractivity contribution < 1.29 is 19.1 Å². The number of oxime groups is 1. The molecule has 0 N–H and O–H groups in total. The molecular weight excluding hydrogens is 298 g/mol. The van der Waals surface area contributed by atoms with Gasteiger partial charge in [0.2, 0.25) is 0 Å². The van der Waals surface area contributed by atoms with Crippen molar-refractivity contribution in [2.45, 2.75) is 6.42 Å². The summed E-state index contributed by atoms with van der Waals surface area (Å²) in [6.45, 7) is 0.773. The molecule has 0 saturated heterocycles. The van der Waals surface area contributed by atoms with E-state index in [1.54, 1.807) is 31.4 Å². The predicted octanol–water partition coefficient (Wildman–Crippen LogP) is 2.35. The van der Waals surface area contributed by atoms with E-state index in [2.05, 4.69) is 9.99 Å². The van der Waals surface area contributed by atoms with Crippen LogP contribution >= 0.6 is 0 Å². The Labute approximate surface area is 134 Å². The Morgan fingerprint density at radius 1 is 1.26 bits per heavy atom. The van der Waals surface area contributed by atoms with Gasteiger partial charge >= 0.3 is 6.09 Å².